The molecule has 0 aliphatic rings. The third kappa shape index (κ3) is 2.83. The molecule has 1 aromatic carbocycles. The smallest absolute Gasteiger partial charge is 0.417 e. The minimum absolute atomic E-state index is 0.0338. The predicted molar refractivity (Wildman–Crippen MR) is 62.2 cm³/mol. The van der Waals surface area contributed by atoms with Gasteiger partial charge in [0.15, 0.2) is 0 Å². The average Bonchev–Trinajstić information content (AvgIpc) is 2.86. The molecule has 10 heteroatoms. The molecule has 0 atom stereocenters. The van der Waals surface area contributed by atoms with E-state index in [0.717, 1.165) is 29.1 Å². The van der Waals surface area contributed by atoms with Crippen molar-refractivity contribution in [2.24, 2.45) is 0 Å². The third-order valence-corrected chi connectivity index (χ3v) is 2.57. The van der Waals surface area contributed by atoms with Gasteiger partial charge in [-0.15, -0.1) is 4.68 Å². The largest absolute Gasteiger partial charge is 0.478 e. The summed E-state index contributed by atoms with van der Waals surface area (Å²) in [7, 11) is 0. The number of carboxylic acids is 1. The van der Waals surface area contributed by atoms with Gasteiger partial charge in [0.25, 0.3) is 0 Å². The van der Waals surface area contributed by atoms with Crippen LogP contribution in [0.25, 0.3) is 5.69 Å². The van der Waals surface area contributed by atoms with E-state index in [4.69, 9.17) is 5.11 Å². The van der Waals surface area contributed by atoms with Crippen LogP contribution in [0.3, 0.4) is 0 Å². The molecular weight excluding hydrogens is 295 g/mol. The van der Waals surface area contributed by atoms with Crippen LogP contribution in [0.2, 0.25) is 0 Å². The van der Waals surface area contributed by atoms with E-state index in [2.05, 4.69) is 5.10 Å². The maximum atomic E-state index is 12.7. The number of nitro groups is 1. The summed E-state index contributed by atoms with van der Waals surface area (Å²) in [6, 6.07) is 3.36. The lowest BCUT2D eigenvalue weighted by Crippen LogP contribution is -2.13. The molecule has 2 rings (SSSR count). The number of aromatic nitrogens is 2. The molecule has 1 heterocycles. The van der Waals surface area contributed by atoms with Crippen molar-refractivity contribution in [2.75, 3.05) is 0 Å². The van der Waals surface area contributed by atoms with Crippen molar-refractivity contribution in [3.05, 3.63) is 51.7 Å². The van der Waals surface area contributed by atoms with Crippen molar-refractivity contribution < 1.29 is 28.0 Å². The Balaban J connectivity index is 2.54. The van der Waals surface area contributed by atoms with Crippen LogP contribution in [0.1, 0.15) is 15.9 Å². The first-order valence-electron chi connectivity index (χ1n) is 5.35. The SMILES string of the molecule is O=C(O)c1cc(-n2ccc([N+](=O)[O-])n2)ccc1C(F)(F)F. The number of rotatable bonds is 3. The van der Waals surface area contributed by atoms with Crippen molar-refractivity contribution >= 4 is 11.8 Å². The average molecular weight is 301 g/mol. The van der Waals surface area contributed by atoms with Crippen molar-refractivity contribution in [3.8, 4) is 5.69 Å². The number of halogens is 3. The van der Waals surface area contributed by atoms with E-state index in [1.807, 2.05) is 0 Å². The molecule has 7 nitrogen and oxygen atoms in total. The van der Waals surface area contributed by atoms with Gasteiger partial charge in [-0.25, -0.2) is 4.79 Å². The highest BCUT2D eigenvalue weighted by molar-refractivity contribution is 5.90. The van der Waals surface area contributed by atoms with E-state index in [9.17, 15) is 28.1 Å². The van der Waals surface area contributed by atoms with E-state index in [1.54, 1.807) is 0 Å². The van der Waals surface area contributed by atoms with Crippen LogP contribution < -0.4 is 0 Å². The second-order valence-corrected chi connectivity index (χ2v) is 3.91. The summed E-state index contributed by atoms with van der Waals surface area (Å²) in [6.07, 6.45) is -3.67. The number of aromatic carboxylic acids is 1. The lowest BCUT2D eigenvalue weighted by molar-refractivity contribution is -0.389. The standard InChI is InChI=1S/C11H6F3N3O4/c12-11(13,14)8-2-1-6(5-7(8)10(18)19)16-4-3-9(15-16)17(20)21/h1-5H,(H,18,19). The van der Waals surface area contributed by atoms with Gasteiger partial charge in [-0.3, -0.25) is 0 Å². The first-order valence-corrected chi connectivity index (χ1v) is 5.35. The lowest BCUT2D eigenvalue weighted by Gasteiger charge is -2.10. The molecule has 2 aromatic rings. The van der Waals surface area contributed by atoms with E-state index in [0.29, 0.717) is 6.07 Å². The van der Waals surface area contributed by atoms with Crippen LogP contribution >= 0.6 is 0 Å². The van der Waals surface area contributed by atoms with E-state index in [-0.39, 0.29) is 5.69 Å². The molecule has 0 fully saturated rings. The van der Waals surface area contributed by atoms with Crippen molar-refractivity contribution in [2.45, 2.75) is 6.18 Å². The minimum atomic E-state index is -4.82. The Bertz CT molecular complexity index is 724. The first kappa shape index (κ1) is 14.5. The fourth-order valence-electron chi connectivity index (χ4n) is 1.65. The number of carbonyl (C=O) groups is 1. The Labute approximate surface area is 114 Å². The molecule has 0 amide bonds. The summed E-state index contributed by atoms with van der Waals surface area (Å²) >= 11 is 0. The molecule has 0 spiro atoms. The molecule has 0 radical (unpaired) electrons. The number of alkyl halides is 3. The zero-order chi connectivity index (χ0) is 15.8. The molecular formula is C11H6F3N3O4. The third-order valence-electron chi connectivity index (χ3n) is 2.57. The minimum Gasteiger partial charge on any atom is -0.478 e. The van der Waals surface area contributed by atoms with Crippen LogP contribution in [0, 0.1) is 10.1 Å². The monoisotopic (exact) mass is 301 g/mol. The van der Waals surface area contributed by atoms with Crippen molar-refractivity contribution in [3.63, 3.8) is 0 Å². The second-order valence-electron chi connectivity index (χ2n) is 3.91. The van der Waals surface area contributed by atoms with Gasteiger partial charge >= 0.3 is 18.0 Å². The van der Waals surface area contributed by atoms with Crippen LogP contribution in [0.15, 0.2) is 30.5 Å². The topological polar surface area (TPSA) is 98.3 Å². The highest BCUT2D eigenvalue weighted by Gasteiger charge is 2.35. The highest BCUT2D eigenvalue weighted by Crippen LogP contribution is 2.33. The van der Waals surface area contributed by atoms with Crippen LogP contribution in [0.4, 0.5) is 19.0 Å². The summed E-state index contributed by atoms with van der Waals surface area (Å²) < 4.78 is 39.0. The molecule has 0 aliphatic carbocycles. The quantitative estimate of drug-likeness (QED) is 0.693. The molecule has 110 valence electrons. The van der Waals surface area contributed by atoms with Crippen LogP contribution in [-0.4, -0.2) is 25.8 Å². The maximum absolute atomic E-state index is 12.7. The molecule has 21 heavy (non-hydrogen) atoms. The van der Waals surface area contributed by atoms with Crippen molar-refractivity contribution in [1.82, 2.24) is 9.78 Å². The molecule has 0 aliphatic heterocycles. The maximum Gasteiger partial charge on any atom is 0.417 e. The number of benzene rings is 1. The van der Waals surface area contributed by atoms with Gasteiger partial charge in [0.05, 0.1) is 34.2 Å². The fraction of sp³-hybridized carbons (Fsp3) is 0.0909. The predicted octanol–water partition coefficient (Wildman–Crippen LogP) is 2.50. The van der Waals surface area contributed by atoms with Crippen LogP contribution in [-0.2, 0) is 6.18 Å². The Morgan fingerprint density at radius 1 is 1.33 bits per heavy atom. The van der Waals surface area contributed by atoms with E-state index >= 15 is 0 Å². The summed E-state index contributed by atoms with van der Waals surface area (Å²) in [5, 5.41) is 22.9. The van der Waals surface area contributed by atoms with E-state index < -0.39 is 34.0 Å². The lowest BCUT2D eigenvalue weighted by atomic mass is 10.1. The summed E-state index contributed by atoms with van der Waals surface area (Å²) in [4.78, 5) is 20.6. The molecule has 1 N–H and O–H groups in total. The van der Waals surface area contributed by atoms with Gasteiger partial charge in [0.1, 0.15) is 0 Å². The zero-order valence-corrected chi connectivity index (χ0v) is 10.0. The molecule has 0 unspecified atom stereocenters. The Morgan fingerprint density at radius 3 is 2.48 bits per heavy atom. The molecule has 1 aromatic heterocycles. The van der Waals surface area contributed by atoms with Gasteiger partial charge in [0, 0.05) is 0 Å². The first-order chi connectivity index (χ1) is 9.70. The Kier molecular flexibility index (Phi) is 3.37. The normalized spacial score (nSPS) is 11.4. The van der Waals surface area contributed by atoms with Gasteiger partial charge in [-0.2, -0.15) is 13.2 Å². The molecule has 0 bridgehead atoms. The van der Waals surface area contributed by atoms with Crippen molar-refractivity contribution in [1.29, 1.82) is 0 Å². The number of hydrogen-bond donors (Lipinski definition) is 1. The number of carboxylic acid groups (broad SMARTS) is 1. The Morgan fingerprint density at radius 2 is 2.00 bits per heavy atom. The molecule has 0 saturated heterocycles. The Hall–Kier alpha value is -2.91. The fourth-order valence-corrected chi connectivity index (χ4v) is 1.65. The van der Waals surface area contributed by atoms with Gasteiger partial charge in [-0.05, 0) is 23.1 Å². The van der Waals surface area contributed by atoms with Gasteiger partial charge < -0.3 is 15.2 Å². The van der Waals surface area contributed by atoms with Crippen LogP contribution in [0.5, 0.6) is 0 Å². The highest BCUT2D eigenvalue weighted by atomic mass is 19.4. The van der Waals surface area contributed by atoms with Gasteiger partial charge in [0.2, 0.25) is 0 Å². The summed E-state index contributed by atoms with van der Waals surface area (Å²) in [6.45, 7) is 0. The number of hydrogen-bond acceptors (Lipinski definition) is 4. The molecule has 0 saturated carbocycles. The van der Waals surface area contributed by atoms with E-state index in [1.165, 1.54) is 0 Å². The zero-order valence-electron chi connectivity index (χ0n) is 10.0. The second kappa shape index (κ2) is 4.89. The number of nitrogens with zero attached hydrogens (tertiary/aromatic N) is 3. The van der Waals surface area contributed by atoms with Gasteiger partial charge in [-0.1, -0.05) is 0 Å². The summed E-state index contributed by atoms with van der Waals surface area (Å²) in [5.74, 6) is -2.27. The summed E-state index contributed by atoms with van der Waals surface area (Å²) in [5.41, 5.74) is -2.30.